The summed E-state index contributed by atoms with van der Waals surface area (Å²) < 4.78 is 0. The Bertz CT molecular complexity index is 151. The molecule has 0 rings (SSSR count). The maximum Gasteiger partial charge on any atom is -0.0354 e. The smallest absolute Gasteiger partial charge is 0.0354 e. The van der Waals surface area contributed by atoms with Gasteiger partial charge in [0, 0.05) is 0 Å². The van der Waals surface area contributed by atoms with Crippen LogP contribution in [-0.2, 0) is 0 Å². The first-order valence-electron chi connectivity index (χ1n) is 7.91. The van der Waals surface area contributed by atoms with Crippen LogP contribution in [0, 0.1) is 17.3 Å². The molecule has 0 N–H and O–H groups in total. The molecule has 0 radical (unpaired) electrons. The summed E-state index contributed by atoms with van der Waals surface area (Å²) >= 11 is 0. The van der Waals surface area contributed by atoms with Crippen LogP contribution in [0.5, 0.6) is 0 Å². The third-order valence-electron chi connectivity index (χ3n) is 4.19. The summed E-state index contributed by atoms with van der Waals surface area (Å²) in [5.41, 5.74) is 0.560. The monoisotopic (exact) mass is 240 g/mol. The molecule has 0 heterocycles. The number of hydrogen-bond donors (Lipinski definition) is 0. The molecule has 0 aromatic heterocycles. The molecule has 0 amide bonds. The molecule has 0 aromatic carbocycles. The Morgan fingerprint density at radius 2 is 1.06 bits per heavy atom. The maximum absolute atomic E-state index is 2.46. The van der Waals surface area contributed by atoms with Crippen molar-refractivity contribution in [3.8, 4) is 0 Å². The van der Waals surface area contributed by atoms with Crippen molar-refractivity contribution in [2.45, 2.75) is 92.9 Å². The first-order chi connectivity index (χ1) is 7.91. The van der Waals surface area contributed by atoms with E-state index in [1.165, 1.54) is 51.4 Å². The van der Waals surface area contributed by atoms with Crippen molar-refractivity contribution in [3.05, 3.63) is 0 Å². The molecule has 0 fully saturated rings. The van der Waals surface area contributed by atoms with Crippen LogP contribution in [0.15, 0.2) is 0 Å². The highest BCUT2D eigenvalue weighted by atomic mass is 14.2. The molecule has 0 aliphatic heterocycles. The van der Waals surface area contributed by atoms with Gasteiger partial charge in [-0.2, -0.15) is 0 Å². The largest absolute Gasteiger partial charge is 0.0654 e. The zero-order valence-electron chi connectivity index (χ0n) is 13.3. The Hall–Kier alpha value is 0. The van der Waals surface area contributed by atoms with Crippen LogP contribution < -0.4 is 0 Å². The van der Waals surface area contributed by atoms with Crippen molar-refractivity contribution in [2.75, 3.05) is 0 Å². The minimum atomic E-state index is 0.560. The van der Waals surface area contributed by atoms with Gasteiger partial charge in [-0.3, -0.25) is 0 Å². The SMILES string of the molecule is CCCC(C)CCC(C)(C)CCC(C)CCC. The molecular formula is C17H36. The van der Waals surface area contributed by atoms with E-state index >= 15 is 0 Å². The van der Waals surface area contributed by atoms with Crippen LogP contribution in [0.4, 0.5) is 0 Å². The summed E-state index contributed by atoms with van der Waals surface area (Å²) in [7, 11) is 0. The van der Waals surface area contributed by atoms with Crippen molar-refractivity contribution >= 4 is 0 Å². The van der Waals surface area contributed by atoms with E-state index in [2.05, 4.69) is 41.5 Å². The van der Waals surface area contributed by atoms with Gasteiger partial charge in [0.2, 0.25) is 0 Å². The van der Waals surface area contributed by atoms with Crippen LogP contribution in [0.1, 0.15) is 92.9 Å². The predicted octanol–water partition coefficient (Wildman–Crippen LogP) is 6.45. The molecule has 0 aliphatic rings. The van der Waals surface area contributed by atoms with E-state index in [4.69, 9.17) is 0 Å². The lowest BCUT2D eigenvalue weighted by Gasteiger charge is -2.27. The van der Waals surface area contributed by atoms with Crippen molar-refractivity contribution in [1.29, 1.82) is 0 Å². The van der Waals surface area contributed by atoms with E-state index in [0.717, 1.165) is 11.8 Å². The fraction of sp³-hybridized carbons (Fsp3) is 1.00. The lowest BCUT2D eigenvalue weighted by molar-refractivity contribution is 0.248. The van der Waals surface area contributed by atoms with Crippen molar-refractivity contribution in [3.63, 3.8) is 0 Å². The van der Waals surface area contributed by atoms with E-state index in [0.29, 0.717) is 5.41 Å². The van der Waals surface area contributed by atoms with Gasteiger partial charge in [0.15, 0.2) is 0 Å². The zero-order chi connectivity index (χ0) is 13.3. The molecule has 104 valence electrons. The zero-order valence-corrected chi connectivity index (χ0v) is 13.3. The molecule has 0 bridgehead atoms. The van der Waals surface area contributed by atoms with E-state index in [1.54, 1.807) is 0 Å². The van der Waals surface area contributed by atoms with Crippen LogP contribution in [-0.4, -0.2) is 0 Å². The maximum atomic E-state index is 2.46. The summed E-state index contributed by atoms with van der Waals surface area (Å²) in [6.45, 7) is 14.4. The van der Waals surface area contributed by atoms with Gasteiger partial charge in [-0.05, 0) is 30.1 Å². The molecule has 2 atom stereocenters. The normalized spacial score (nSPS) is 15.9. The third-order valence-corrected chi connectivity index (χ3v) is 4.19. The summed E-state index contributed by atoms with van der Waals surface area (Å²) in [6.07, 6.45) is 11.2. The molecule has 17 heavy (non-hydrogen) atoms. The lowest BCUT2D eigenvalue weighted by atomic mass is 9.78. The minimum Gasteiger partial charge on any atom is -0.0654 e. The van der Waals surface area contributed by atoms with Crippen LogP contribution >= 0.6 is 0 Å². The molecule has 2 unspecified atom stereocenters. The second-order valence-electron chi connectivity index (χ2n) is 7.03. The highest BCUT2D eigenvalue weighted by Crippen LogP contribution is 2.32. The van der Waals surface area contributed by atoms with E-state index in [-0.39, 0.29) is 0 Å². The summed E-state index contributed by atoms with van der Waals surface area (Å²) in [6, 6.07) is 0. The molecule has 0 aliphatic carbocycles. The minimum absolute atomic E-state index is 0.560. The second-order valence-corrected chi connectivity index (χ2v) is 7.03. The van der Waals surface area contributed by atoms with Gasteiger partial charge in [-0.15, -0.1) is 0 Å². The van der Waals surface area contributed by atoms with Crippen molar-refractivity contribution < 1.29 is 0 Å². The summed E-state index contributed by atoms with van der Waals surface area (Å²) in [5.74, 6) is 1.85. The molecule has 0 saturated heterocycles. The molecule has 0 spiro atoms. The van der Waals surface area contributed by atoms with E-state index in [9.17, 15) is 0 Å². The Labute approximate surface area is 111 Å². The standard InChI is InChI=1S/C17H36/c1-7-9-15(3)11-13-17(5,6)14-12-16(4)10-8-2/h15-16H,7-14H2,1-6H3. The third kappa shape index (κ3) is 9.68. The second kappa shape index (κ2) is 9.00. The molecule has 0 nitrogen and oxygen atoms in total. The van der Waals surface area contributed by atoms with Crippen LogP contribution in [0.3, 0.4) is 0 Å². The lowest BCUT2D eigenvalue weighted by Crippen LogP contribution is -2.14. The average molecular weight is 240 g/mol. The van der Waals surface area contributed by atoms with E-state index < -0.39 is 0 Å². The van der Waals surface area contributed by atoms with E-state index in [1.807, 2.05) is 0 Å². The summed E-state index contributed by atoms with van der Waals surface area (Å²) in [4.78, 5) is 0. The Morgan fingerprint density at radius 1 is 0.706 bits per heavy atom. The van der Waals surface area contributed by atoms with Gasteiger partial charge in [-0.1, -0.05) is 80.1 Å². The van der Waals surface area contributed by atoms with Gasteiger partial charge in [0.05, 0.1) is 0 Å². The van der Waals surface area contributed by atoms with Gasteiger partial charge < -0.3 is 0 Å². The van der Waals surface area contributed by atoms with Crippen LogP contribution in [0.2, 0.25) is 0 Å². The average Bonchev–Trinajstić information content (AvgIpc) is 2.25. The number of hydrogen-bond acceptors (Lipinski definition) is 0. The fourth-order valence-corrected chi connectivity index (χ4v) is 2.67. The Morgan fingerprint density at radius 3 is 1.35 bits per heavy atom. The topological polar surface area (TPSA) is 0 Å². The first kappa shape index (κ1) is 17.0. The van der Waals surface area contributed by atoms with Gasteiger partial charge in [-0.25, -0.2) is 0 Å². The highest BCUT2D eigenvalue weighted by Gasteiger charge is 2.19. The van der Waals surface area contributed by atoms with Crippen LogP contribution in [0.25, 0.3) is 0 Å². The van der Waals surface area contributed by atoms with Gasteiger partial charge in [0.1, 0.15) is 0 Å². The fourth-order valence-electron chi connectivity index (χ4n) is 2.67. The van der Waals surface area contributed by atoms with Crippen molar-refractivity contribution in [2.24, 2.45) is 17.3 Å². The number of rotatable bonds is 10. The molecular weight excluding hydrogens is 204 g/mol. The van der Waals surface area contributed by atoms with Crippen molar-refractivity contribution in [1.82, 2.24) is 0 Å². The molecule has 0 aromatic rings. The Kier molecular flexibility index (Phi) is 9.00. The van der Waals surface area contributed by atoms with Gasteiger partial charge >= 0.3 is 0 Å². The Balaban J connectivity index is 3.78. The first-order valence-corrected chi connectivity index (χ1v) is 7.91. The van der Waals surface area contributed by atoms with Gasteiger partial charge in [0.25, 0.3) is 0 Å². The molecule has 0 heteroatoms. The highest BCUT2D eigenvalue weighted by molar-refractivity contribution is 4.71. The molecule has 0 saturated carbocycles. The quantitative estimate of drug-likeness (QED) is 0.412. The predicted molar refractivity (Wildman–Crippen MR) is 80.4 cm³/mol. The summed E-state index contributed by atoms with van der Waals surface area (Å²) in [5, 5.41) is 0.